The first-order valence-corrected chi connectivity index (χ1v) is 7.62. The molecular weight excluding hydrogens is 332 g/mol. The number of hydrogen-bond acceptors (Lipinski definition) is 8. The summed E-state index contributed by atoms with van der Waals surface area (Å²) in [5, 5.41) is 12.8. The number of esters is 1. The Labute approximate surface area is 140 Å². The molecule has 3 aromatic rings. The van der Waals surface area contributed by atoms with Crippen molar-refractivity contribution >= 4 is 23.0 Å². The van der Waals surface area contributed by atoms with Crippen LogP contribution in [0.2, 0.25) is 0 Å². The SMILES string of the molecule is Cc1ccc([N+](=O)[O-])cc1OC(=O)c1csc(-c2ncccn2)n1. The van der Waals surface area contributed by atoms with Gasteiger partial charge in [-0.25, -0.2) is 19.7 Å². The van der Waals surface area contributed by atoms with Crippen LogP contribution in [0.5, 0.6) is 5.75 Å². The van der Waals surface area contributed by atoms with E-state index >= 15 is 0 Å². The summed E-state index contributed by atoms with van der Waals surface area (Å²) in [5.74, 6) is -0.162. The molecule has 0 bridgehead atoms. The summed E-state index contributed by atoms with van der Waals surface area (Å²) >= 11 is 1.21. The summed E-state index contributed by atoms with van der Waals surface area (Å²) in [7, 11) is 0. The van der Waals surface area contributed by atoms with E-state index in [0.717, 1.165) is 0 Å². The van der Waals surface area contributed by atoms with Gasteiger partial charge < -0.3 is 4.74 Å². The molecule has 0 amide bonds. The smallest absolute Gasteiger partial charge is 0.363 e. The molecule has 0 aliphatic rings. The van der Waals surface area contributed by atoms with Crippen molar-refractivity contribution in [1.29, 1.82) is 0 Å². The van der Waals surface area contributed by atoms with E-state index in [1.54, 1.807) is 25.4 Å². The molecule has 0 N–H and O–H groups in total. The first-order chi connectivity index (χ1) is 11.5. The summed E-state index contributed by atoms with van der Waals surface area (Å²) in [4.78, 5) is 34.7. The third-order valence-corrected chi connectivity index (χ3v) is 3.89. The van der Waals surface area contributed by atoms with E-state index in [0.29, 0.717) is 16.4 Å². The van der Waals surface area contributed by atoms with Crippen molar-refractivity contribution in [1.82, 2.24) is 15.0 Å². The van der Waals surface area contributed by atoms with Gasteiger partial charge in [-0.1, -0.05) is 0 Å². The quantitative estimate of drug-likeness (QED) is 0.310. The normalized spacial score (nSPS) is 10.4. The lowest BCUT2D eigenvalue weighted by Gasteiger charge is -2.05. The summed E-state index contributed by atoms with van der Waals surface area (Å²) in [6.45, 7) is 1.69. The Morgan fingerprint density at radius 3 is 2.75 bits per heavy atom. The van der Waals surface area contributed by atoms with Gasteiger partial charge in [0.05, 0.1) is 11.0 Å². The van der Waals surface area contributed by atoms with Crippen molar-refractivity contribution in [2.24, 2.45) is 0 Å². The van der Waals surface area contributed by atoms with Crippen LogP contribution < -0.4 is 4.74 Å². The lowest BCUT2D eigenvalue weighted by molar-refractivity contribution is -0.384. The number of hydrogen-bond donors (Lipinski definition) is 0. The maximum atomic E-state index is 12.2. The van der Waals surface area contributed by atoms with Gasteiger partial charge in [0.25, 0.3) is 5.69 Å². The lowest BCUT2D eigenvalue weighted by Crippen LogP contribution is -2.10. The monoisotopic (exact) mass is 342 g/mol. The second-order valence-electron chi connectivity index (χ2n) is 4.71. The van der Waals surface area contributed by atoms with E-state index in [2.05, 4.69) is 15.0 Å². The van der Waals surface area contributed by atoms with Crippen LogP contribution >= 0.6 is 11.3 Å². The van der Waals surface area contributed by atoms with Gasteiger partial charge in [-0.3, -0.25) is 10.1 Å². The van der Waals surface area contributed by atoms with Crippen LogP contribution in [-0.4, -0.2) is 25.8 Å². The number of thiazole rings is 1. The molecule has 0 fully saturated rings. The van der Waals surface area contributed by atoms with E-state index in [1.807, 2.05) is 0 Å². The molecule has 24 heavy (non-hydrogen) atoms. The summed E-state index contributed by atoms with van der Waals surface area (Å²) < 4.78 is 5.23. The number of aromatic nitrogens is 3. The molecule has 0 saturated carbocycles. The number of carbonyl (C=O) groups excluding carboxylic acids is 1. The molecular formula is C15H10N4O4S. The van der Waals surface area contributed by atoms with Crippen LogP contribution in [0.3, 0.4) is 0 Å². The fourth-order valence-corrected chi connectivity index (χ4v) is 2.58. The van der Waals surface area contributed by atoms with Gasteiger partial charge in [-0.05, 0) is 24.6 Å². The molecule has 0 radical (unpaired) electrons. The highest BCUT2D eigenvalue weighted by molar-refractivity contribution is 7.13. The lowest BCUT2D eigenvalue weighted by atomic mass is 10.2. The number of aryl methyl sites for hydroxylation is 1. The van der Waals surface area contributed by atoms with Crippen LogP contribution in [0, 0.1) is 17.0 Å². The molecule has 0 atom stereocenters. The zero-order valence-electron chi connectivity index (χ0n) is 12.4. The maximum absolute atomic E-state index is 12.2. The molecule has 0 aliphatic carbocycles. The molecule has 0 aliphatic heterocycles. The Morgan fingerprint density at radius 1 is 1.29 bits per heavy atom. The van der Waals surface area contributed by atoms with Gasteiger partial charge in [0.15, 0.2) is 16.5 Å². The first kappa shape index (κ1) is 15.7. The van der Waals surface area contributed by atoms with Crippen LogP contribution in [-0.2, 0) is 0 Å². The first-order valence-electron chi connectivity index (χ1n) is 6.75. The van der Waals surface area contributed by atoms with Gasteiger partial charge in [0.1, 0.15) is 5.75 Å². The van der Waals surface area contributed by atoms with Crippen molar-refractivity contribution < 1.29 is 14.5 Å². The summed E-state index contributed by atoms with van der Waals surface area (Å²) in [6, 6.07) is 5.75. The van der Waals surface area contributed by atoms with Crippen molar-refractivity contribution in [3.05, 3.63) is 63.4 Å². The largest absolute Gasteiger partial charge is 0.421 e. The van der Waals surface area contributed by atoms with Crippen LogP contribution in [0.1, 0.15) is 16.1 Å². The zero-order chi connectivity index (χ0) is 17.1. The molecule has 0 spiro atoms. The summed E-state index contributed by atoms with van der Waals surface area (Å²) in [6.07, 6.45) is 3.16. The standard InChI is InChI=1S/C15H10N4O4S/c1-9-3-4-10(19(21)22)7-12(9)23-15(20)11-8-24-14(18-11)13-16-5-2-6-17-13/h2-8H,1H3. The molecule has 2 heterocycles. The highest BCUT2D eigenvalue weighted by Crippen LogP contribution is 2.26. The second-order valence-corrected chi connectivity index (χ2v) is 5.56. The van der Waals surface area contributed by atoms with E-state index in [9.17, 15) is 14.9 Å². The van der Waals surface area contributed by atoms with E-state index < -0.39 is 10.9 Å². The van der Waals surface area contributed by atoms with Gasteiger partial charge in [0.2, 0.25) is 0 Å². The number of rotatable bonds is 4. The minimum atomic E-state index is -0.697. The van der Waals surface area contributed by atoms with E-state index in [1.165, 1.54) is 34.9 Å². The topological polar surface area (TPSA) is 108 Å². The van der Waals surface area contributed by atoms with E-state index in [-0.39, 0.29) is 17.1 Å². The van der Waals surface area contributed by atoms with Gasteiger partial charge >= 0.3 is 5.97 Å². The van der Waals surface area contributed by atoms with Crippen LogP contribution in [0.25, 0.3) is 10.8 Å². The zero-order valence-corrected chi connectivity index (χ0v) is 13.2. The molecule has 120 valence electrons. The number of carbonyl (C=O) groups is 1. The van der Waals surface area contributed by atoms with Crippen LogP contribution in [0.15, 0.2) is 42.0 Å². The Kier molecular flexibility index (Phi) is 4.25. The number of nitrogens with zero attached hydrogens (tertiary/aromatic N) is 4. The molecule has 2 aromatic heterocycles. The van der Waals surface area contributed by atoms with Crippen molar-refractivity contribution in [2.45, 2.75) is 6.92 Å². The molecule has 8 nitrogen and oxygen atoms in total. The number of non-ortho nitro benzene ring substituents is 1. The highest BCUT2D eigenvalue weighted by atomic mass is 32.1. The predicted octanol–water partition coefficient (Wildman–Crippen LogP) is 3.04. The third-order valence-electron chi connectivity index (χ3n) is 3.06. The number of nitro groups is 1. The van der Waals surface area contributed by atoms with Crippen molar-refractivity contribution in [3.63, 3.8) is 0 Å². The van der Waals surface area contributed by atoms with Crippen LogP contribution in [0.4, 0.5) is 5.69 Å². The number of nitro benzene ring substituents is 1. The minimum absolute atomic E-state index is 0.0911. The predicted molar refractivity (Wildman–Crippen MR) is 85.9 cm³/mol. The van der Waals surface area contributed by atoms with E-state index in [4.69, 9.17) is 4.74 Å². The maximum Gasteiger partial charge on any atom is 0.363 e. The Balaban J connectivity index is 1.82. The highest BCUT2D eigenvalue weighted by Gasteiger charge is 2.18. The molecule has 0 unspecified atom stereocenters. The summed E-state index contributed by atoms with van der Waals surface area (Å²) in [5.41, 5.74) is 0.546. The second kappa shape index (κ2) is 6.50. The fourth-order valence-electron chi connectivity index (χ4n) is 1.84. The molecule has 3 rings (SSSR count). The Hall–Kier alpha value is -3.20. The Bertz CT molecular complexity index is 911. The molecule has 0 saturated heterocycles. The average molecular weight is 342 g/mol. The van der Waals surface area contributed by atoms with Gasteiger partial charge in [-0.2, -0.15) is 0 Å². The van der Waals surface area contributed by atoms with Crippen molar-refractivity contribution in [3.8, 4) is 16.6 Å². The van der Waals surface area contributed by atoms with Gasteiger partial charge in [-0.15, -0.1) is 11.3 Å². The molecule has 9 heteroatoms. The minimum Gasteiger partial charge on any atom is -0.421 e. The fraction of sp³-hybridized carbons (Fsp3) is 0.0667. The molecule has 1 aromatic carbocycles. The third kappa shape index (κ3) is 3.25. The van der Waals surface area contributed by atoms with Crippen molar-refractivity contribution in [2.75, 3.05) is 0 Å². The number of ether oxygens (including phenoxy) is 1. The average Bonchev–Trinajstić information content (AvgIpc) is 3.07. The Morgan fingerprint density at radius 2 is 2.04 bits per heavy atom. The number of benzene rings is 1. The van der Waals surface area contributed by atoms with Gasteiger partial charge in [0, 0.05) is 23.8 Å².